The molecule has 7 heteroatoms. The molecule has 1 saturated heterocycles. The summed E-state index contributed by atoms with van der Waals surface area (Å²) in [6.45, 7) is 7.32. The SMILES string of the molecule is CCC(N)C(C)(CCc1ccccc1)C[C@H]1C=CC(Oc2cc([C@@H]3CCCN(Cc4ccc(F)cc4)CC3)nc(N)n2)=CC1. The number of nitrogen functional groups attached to an aromatic ring is 1. The minimum Gasteiger partial charge on any atom is -0.439 e. The lowest BCUT2D eigenvalue weighted by atomic mass is 9.70. The van der Waals surface area contributed by atoms with Crippen LogP contribution in [0.5, 0.6) is 5.88 Å². The number of nitrogens with two attached hydrogens (primary N) is 2. The van der Waals surface area contributed by atoms with E-state index in [1.807, 2.05) is 18.2 Å². The molecule has 0 saturated carbocycles. The van der Waals surface area contributed by atoms with E-state index in [4.69, 9.17) is 16.2 Å². The average Bonchev–Trinajstić information content (AvgIpc) is 3.27. The topological polar surface area (TPSA) is 90.3 Å². The van der Waals surface area contributed by atoms with E-state index in [0.717, 1.165) is 88.0 Å². The summed E-state index contributed by atoms with van der Waals surface area (Å²) in [6.07, 6.45) is 14.6. The molecule has 1 aromatic heterocycles. The molecule has 0 bridgehead atoms. The van der Waals surface area contributed by atoms with E-state index in [1.165, 1.54) is 17.7 Å². The van der Waals surface area contributed by atoms with Crippen LogP contribution < -0.4 is 16.2 Å². The third-order valence-electron chi connectivity index (χ3n) is 9.57. The fraction of sp³-hybridized carbons (Fsp3) is 0.459. The number of hydrogen-bond donors (Lipinski definition) is 2. The van der Waals surface area contributed by atoms with Gasteiger partial charge >= 0.3 is 0 Å². The van der Waals surface area contributed by atoms with Crippen molar-refractivity contribution in [3.63, 3.8) is 0 Å². The zero-order chi connectivity index (χ0) is 30.9. The van der Waals surface area contributed by atoms with E-state index in [9.17, 15) is 4.39 Å². The highest BCUT2D eigenvalue weighted by molar-refractivity contribution is 5.31. The van der Waals surface area contributed by atoms with E-state index in [1.54, 1.807) is 0 Å². The second-order valence-corrected chi connectivity index (χ2v) is 12.9. The predicted molar refractivity (Wildman–Crippen MR) is 176 cm³/mol. The summed E-state index contributed by atoms with van der Waals surface area (Å²) >= 11 is 0. The van der Waals surface area contributed by atoms with Crippen molar-refractivity contribution in [2.24, 2.45) is 17.1 Å². The van der Waals surface area contributed by atoms with Crippen LogP contribution in [0.1, 0.15) is 81.5 Å². The monoisotopic (exact) mass is 597 g/mol. The molecule has 5 rings (SSSR count). The van der Waals surface area contributed by atoms with Crippen LogP contribution >= 0.6 is 0 Å². The zero-order valence-electron chi connectivity index (χ0n) is 26.3. The maximum Gasteiger partial charge on any atom is 0.224 e. The highest BCUT2D eigenvalue weighted by Crippen LogP contribution is 2.38. The van der Waals surface area contributed by atoms with Gasteiger partial charge in [0.05, 0.1) is 5.69 Å². The van der Waals surface area contributed by atoms with Crippen LogP contribution in [0.15, 0.2) is 84.7 Å². The maximum atomic E-state index is 13.3. The van der Waals surface area contributed by atoms with Crippen molar-refractivity contribution in [3.8, 4) is 5.88 Å². The molecule has 0 amide bonds. The molecule has 2 heterocycles. The molecule has 1 aliphatic carbocycles. The van der Waals surface area contributed by atoms with Gasteiger partial charge in [0.15, 0.2) is 0 Å². The van der Waals surface area contributed by atoms with Gasteiger partial charge in [0.1, 0.15) is 11.6 Å². The Morgan fingerprint density at radius 1 is 1.05 bits per heavy atom. The number of aryl methyl sites for hydroxylation is 1. The lowest BCUT2D eigenvalue weighted by molar-refractivity contribution is 0.183. The number of ether oxygens (including phenoxy) is 1. The lowest BCUT2D eigenvalue weighted by Crippen LogP contribution is -2.41. The van der Waals surface area contributed by atoms with Crippen molar-refractivity contribution in [1.29, 1.82) is 0 Å². The molecule has 6 nitrogen and oxygen atoms in total. The first-order chi connectivity index (χ1) is 21.3. The Bertz CT molecular complexity index is 1410. The molecule has 0 radical (unpaired) electrons. The molecular weight excluding hydrogens is 549 g/mol. The molecule has 0 spiro atoms. The minimum atomic E-state index is -0.197. The molecule has 4 N–H and O–H groups in total. The van der Waals surface area contributed by atoms with Crippen molar-refractivity contribution in [2.45, 2.75) is 83.7 Å². The van der Waals surface area contributed by atoms with Crippen LogP contribution in [-0.2, 0) is 13.0 Å². The smallest absolute Gasteiger partial charge is 0.224 e. The summed E-state index contributed by atoms with van der Waals surface area (Å²) in [4.78, 5) is 11.4. The predicted octanol–water partition coefficient (Wildman–Crippen LogP) is 7.57. The summed E-state index contributed by atoms with van der Waals surface area (Å²) in [7, 11) is 0. The summed E-state index contributed by atoms with van der Waals surface area (Å²) in [5.41, 5.74) is 16.4. The summed E-state index contributed by atoms with van der Waals surface area (Å²) in [5, 5.41) is 0. The minimum absolute atomic E-state index is 0.0507. The first kappa shape index (κ1) is 31.9. The summed E-state index contributed by atoms with van der Waals surface area (Å²) in [6, 6.07) is 19.6. The molecule has 234 valence electrons. The van der Waals surface area contributed by atoms with Gasteiger partial charge in [-0.25, -0.2) is 9.37 Å². The van der Waals surface area contributed by atoms with Crippen LogP contribution in [0.2, 0.25) is 0 Å². The Hall–Kier alpha value is -3.55. The van der Waals surface area contributed by atoms with Crippen molar-refractivity contribution in [3.05, 3.63) is 107 Å². The normalized spacial score (nSPS) is 21.2. The van der Waals surface area contributed by atoms with Gasteiger partial charge in [0.25, 0.3) is 0 Å². The highest BCUT2D eigenvalue weighted by Gasteiger charge is 2.33. The number of rotatable bonds is 12. The molecule has 2 unspecified atom stereocenters. The number of hydrogen-bond acceptors (Lipinski definition) is 6. The Kier molecular flexibility index (Phi) is 10.8. The number of allylic oxidation sites excluding steroid dienone is 3. The molecular formula is C37H48FN5O. The number of likely N-dealkylation sites (tertiary alicyclic amines) is 1. The van der Waals surface area contributed by atoms with Crippen molar-refractivity contribution in [1.82, 2.24) is 14.9 Å². The van der Waals surface area contributed by atoms with Gasteiger partial charge in [-0.15, -0.1) is 0 Å². The number of anilines is 1. The molecule has 2 aliphatic rings. The van der Waals surface area contributed by atoms with Gasteiger partial charge in [0, 0.05) is 24.6 Å². The van der Waals surface area contributed by atoms with Gasteiger partial charge < -0.3 is 16.2 Å². The van der Waals surface area contributed by atoms with E-state index >= 15 is 0 Å². The third-order valence-corrected chi connectivity index (χ3v) is 9.57. The van der Waals surface area contributed by atoms with Gasteiger partial charge in [-0.05, 0) is 111 Å². The number of nitrogens with zero attached hydrogens (tertiary/aromatic N) is 3. The fourth-order valence-corrected chi connectivity index (χ4v) is 6.78. The fourth-order valence-electron chi connectivity index (χ4n) is 6.78. The van der Waals surface area contributed by atoms with Gasteiger partial charge in [0.2, 0.25) is 11.8 Å². The van der Waals surface area contributed by atoms with Gasteiger partial charge in [-0.3, -0.25) is 4.90 Å². The second kappa shape index (κ2) is 15.0. The summed E-state index contributed by atoms with van der Waals surface area (Å²) in [5.74, 6) is 2.04. The molecule has 2 aromatic carbocycles. The highest BCUT2D eigenvalue weighted by atomic mass is 19.1. The lowest BCUT2D eigenvalue weighted by Gasteiger charge is -2.38. The first-order valence-electron chi connectivity index (χ1n) is 16.3. The van der Waals surface area contributed by atoms with Crippen molar-refractivity contribution in [2.75, 3.05) is 18.8 Å². The summed E-state index contributed by atoms with van der Waals surface area (Å²) < 4.78 is 19.6. The van der Waals surface area contributed by atoms with E-state index < -0.39 is 0 Å². The van der Waals surface area contributed by atoms with E-state index in [-0.39, 0.29) is 29.1 Å². The number of halogens is 1. The Labute approximate surface area is 262 Å². The number of aromatic nitrogens is 2. The van der Waals surface area contributed by atoms with Crippen molar-refractivity contribution < 1.29 is 9.13 Å². The average molecular weight is 598 g/mol. The first-order valence-corrected chi connectivity index (χ1v) is 16.3. The molecule has 3 aromatic rings. The molecule has 44 heavy (non-hydrogen) atoms. The van der Waals surface area contributed by atoms with Crippen LogP contribution in [0.3, 0.4) is 0 Å². The third kappa shape index (κ3) is 8.76. The van der Waals surface area contributed by atoms with Crippen LogP contribution in [0.4, 0.5) is 10.3 Å². The molecule has 1 fully saturated rings. The van der Waals surface area contributed by atoms with Crippen LogP contribution in [0, 0.1) is 17.2 Å². The van der Waals surface area contributed by atoms with E-state index in [2.05, 4.69) is 77.3 Å². The largest absolute Gasteiger partial charge is 0.439 e. The number of benzene rings is 2. The molecule has 1 aliphatic heterocycles. The second-order valence-electron chi connectivity index (χ2n) is 12.9. The van der Waals surface area contributed by atoms with Gasteiger partial charge in [-0.2, -0.15) is 4.98 Å². The Morgan fingerprint density at radius 2 is 1.84 bits per heavy atom. The van der Waals surface area contributed by atoms with Gasteiger partial charge in [-0.1, -0.05) is 62.4 Å². The van der Waals surface area contributed by atoms with Crippen LogP contribution in [0.25, 0.3) is 0 Å². The maximum absolute atomic E-state index is 13.3. The Balaban J connectivity index is 1.17. The zero-order valence-corrected chi connectivity index (χ0v) is 26.3. The quantitative estimate of drug-likeness (QED) is 0.224. The standard InChI is InChI=1S/C37H48FN5O/c1-3-34(39)37(2,21-19-27-8-5-4-6-9-27)25-28-13-17-32(18-14-28)44-35-24-33(41-36(40)42-35)30-10-7-22-43(23-20-30)26-29-11-15-31(38)16-12-29/h4-6,8-9,11-13,15-18,24,28,30,34H,3,7,10,14,19-23,25-26,39H2,1-2H3,(H2,40,41,42)/t28-,30+,34?,37?/m0/s1. The Morgan fingerprint density at radius 3 is 2.57 bits per heavy atom. The molecule has 4 atom stereocenters. The van der Waals surface area contributed by atoms with E-state index in [0.29, 0.717) is 11.8 Å². The van der Waals surface area contributed by atoms with Crippen molar-refractivity contribution >= 4 is 5.95 Å². The van der Waals surface area contributed by atoms with Crippen LogP contribution in [-0.4, -0.2) is 34.0 Å².